The number of carbonyl (C=O) groups is 3. The minimum Gasteiger partial charge on any atom is -0.324 e. The van der Waals surface area contributed by atoms with Crippen LogP contribution in [0.15, 0.2) is 48.5 Å². The van der Waals surface area contributed by atoms with Gasteiger partial charge in [-0.3, -0.25) is 19.3 Å². The highest BCUT2D eigenvalue weighted by atomic mass is 32.2. The third-order valence-electron chi connectivity index (χ3n) is 5.05. The van der Waals surface area contributed by atoms with Crippen LogP contribution in [-0.2, 0) is 10.2 Å². The van der Waals surface area contributed by atoms with E-state index in [9.17, 15) is 14.4 Å². The number of fused-ring (bicyclic) bond motifs is 1. The number of rotatable bonds is 6. The second-order valence-electron chi connectivity index (χ2n) is 8.14. The SMILES string of the molecule is CSCCC(C(=O)Nc1ccc(C(C)(C)C)cc1)N1C(=O)c2ccccc2C1=O. The summed E-state index contributed by atoms with van der Waals surface area (Å²) >= 11 is 1.57. The van der Waals surface area contributed by atoms with E-state index in [1.807, 2.05) is 30.5 Å². The monoisotopic (exact) mass is 410 g/mol. The molecule has 1 aliphatic rings. The maximum absolute atomic E-state index is 13.1. The Labute approximate surface area is 175 Å². The molecule has 1 heterocycles. The van der Waals surface area contributed by atoms with Gasteiger partial charge in [-0.05, 0) is 53.7 Å². The van der Waals surface area contributed by atoms with Crippen molar-refractivity contribution in [3.05, 3.63) is 65.2 Å². The van der Waals surface area contributed by atoms with Crippen LogP contribution in [0.25, 0.3) is 0 Å². The van der Waals surface area contributed by atoms with Gasteiger partial charge in [0, 0.05) is 5.69 Å². The number of imide groups is 1. The molecule has 2 aromatic carbocycles. The Bertz CT molecular complexity index is 897. The van der Waals surface area contributed by atoms with Gasteiger partial charge in [-0.25, -0.2) is 0 Å². The number of benzene rings is 2. The third-order valence-corrected chi connectivity index (χ3v) is 5.70. The summed E-state index contributed by atoms with van der Waals surface area (Å²) < 4.78 is 0. The van der Waals surface area contributed by atoms with Crippen molar-refractivity contribution < 1.29 is 14.4 Å². The Balaban J connectivity index is 1.83. The molecule has 0 saturated carbocycles. The zero-order chi connectivity index (χ0) is 21.2. The van der Waals surface area contributed by atoms with E-state index >= 15 is 0 Å². The van der Waals surface area contributed by atoms with Crippen LogP contribution in [0, 0.1) is 0 Å². The van der Waals surface area contributed by atoms with Gasteiger partial charge >= 0.3 is 0 Å². The molecule has 0 radical (unpaired) electrons. The number of hydrogen-bond donors (Lipinski definition) is 1. The van der Waals surface area contributed by atoms with Gasteiger partial charge in [0.05, 0.1) is 11.1 Å². The molecule has 1 unspecified atom stereocenters. The molecule has 0 spiro atoms. The summed E-state index contributed by atoms with van der Waals surface area (Å²) in [5.74, 6) is -0.504. The van der Waals surface area contributed by atoms with Crippen molar-refractivity contribution in [1.29, 1.82) is 0 Å². The van der Waals surface area contributed by atoms with Crippen LogP contribution >= 0.6 is 11.8 Å². The first-order chi connectivity index (χ1) is 13.7. The number of nitrogens with zero attached hydrogens (tertiary/aromatic N) is 1. The molecule has 0 fully saturated rings. The highest BCUT2D eigenvalue weighted by Crippen LogP contribution is 2.27. The highest BCUT2D eigenvalue weighted by molar-refractivity contribution is 7.98. The molecule has 3 amide bonds. The standard InChI is InChI=1S/C23H26N2O3S/c1-23(2,3)15-9-11-16(12-10-15)24-20(26)19(13-14-29-4)25-21(27)17-7-5-6-8-18(17)22(25)28/h5-12,19H,13-14H2,1-4H3,(H,24,26). The van der Waals surface area contributed by atoms with Crippen LogP contribution in [0.2, 0.25) is 0 Å². The molecule has 5 nitrogen and oxygen atoms in total. The van der Waals surface area contributed by atoms with Crippen molar-refractivity contribution in [2.75, 3.05) is 17.3 Å². The normalized spacial score (nSPS) is 14.7. The molecule has 1 aliphatic heterocycles. The maximum Gasteiger partial charge on any atom is 0.262 e. The van der Waals surface area contributed by atoms with Crippen LogP contribution in [-0.4, -0.2) is 40.7 Å². The van der Waals surface area contributed by atoms with Crippen LogP contribution in [0.1, 0.15) is 53.5 Å². The van der Waals surface area contributed by atoms with Crippen molar-refractivity contribution in [3.63, 3.8) is 0 Å². The summed E-state index contributed by atoms with van der Waals surface area (Å²) in [7, 11) is 0. The summed E-state index contributed by atoms with van der Waals surface area (Å²) in [6.07, 6.45) is 2.33. The van der Waals surface area contributed by atoms with Gasteiger partial charge in [0.25, 0.3) is 11.8 Å². The molecular weight excluding hydrogens is 384 g/mol. The Morgan fingerprint density at radius 3 is 2.03 bits per heavy atom. The van der Waals surface area contributed by atoms with Gasteiger partial charge in [0.1, 0.15) is 6.04 Å². The predicted octanol–water partition coefficient (Wildman–Crippen LogP) is 4.34. The third kappa shape index (κ3) is 4.37. The van der Waals surface area contributed by atoms with Crippen molar-refractivity contribution in [1.82, 2.24) is 4.90 Å². The van der Waals surface area contributed by atoms with Gasteiger partial charge in [0.2, 0.25) is 5.91 Å². The lowest BCUT2D eigenvalue weighted by molar-refractivity contribution is -0.120. The van der Waals surface area contributed by atoms with E-state index < -0.39 is 17.9 Å². The van der Waals surface area contributed by atoms with E-state index in [1.54, 1.807) is 36.0 Å². The largest absolute Gasteiger partial charge is 0.324 e. The fourth-order valence-electron chi connectivity index (χ4n) is 3.38. The van der Waals surface area contributed by atoms with Gasteiger partial charge in [-0.15, -0.1) is 0 Å². The Hall–Kier alpha value is -2.60. The topological polar surface area (TPSA) is 66.5 Å². The van der Waals surface area contributed by atoms with Crippen LogP contribution < -0.4 is 5.32 Å². The molecule has 0 bridgehead atoms. The molecule has 0 aromatic heterocycles. The van der Waals surface area contributed by atoms with Crippen molar-refractivity contribution in [2.45, 2.75) is 38.6 Å². The fraction of sp³-hybridized carbons (Fsp3) is 0.348. The van der Waals surface area contributed by atoms with Crippen molar-refractivity contribution >= 4 is 35.2 Å². The lowest BCUT2D eigenvalue weighted by atomic mass is 9.87. The smallest absolute Gasteiger partial charge is 0.262 e. The molecule has 0 aliphatic carbocycles. The van der Waals surface area contributed by atoms with E-state index in [4.69, 9.17) is 0 Å². The van der Waals surface area contributed by atoms with E-state index in [-0.39, 0.29) is 11.3 Å². The number of nitrogens with one attached hydrogen (secondary N) is 1. The van der Waals surface area contributed by atoms with Crippen molar-refractivity contribution in [2.24, 2.45) is 0 Å². The number of anilines is 1. The molecule has 152 valence electrons. The summed E-state index contributed by atoms with van der Waals surface area (Å²) in [4.78, 5) is 39.9. The first-order valence-electron chi connectivity index (χ1n) is 9.61. The number of amides is 3. The number of carbonyl (C=O) groups excluding carboxylic acids is 3. The second-order valence-corrected chi connectivity index (χ2v) is 9.13. The van der Waals surface area contributed by atoms with Gasteiger partial charge in [-0.2, -0.15) is 11.8 Å². The quantitative estimate of drug-likeness (QED) is 0.720. The average Bonchev–Trinajstić information content (AvgIpc) is 2.93. The van der Waals surface area contributed by atoms with E-state index in [0.717, 1.165) is 10.5 Å². The Morgan fingerprint density at radius 2 is 1.55 bits per heavy atom. The van der Waals surface area contributed by atoms with Crippen LogP contribution in [0.3, 0.4) is 0 Å². The predicted molar refractivity (Wildman–Crippen MR) is 118 cm³/mol. The molecule has 0 saturated heterocycles. The maximum atomic E-state index is 13.1. The van der Waals surface area contributed by atoms with E-state index in [1.165, 1.54) is 0 Å². The van der Waals surface area contributed by atoms with Gasteiger partial charge in [0.15, 0.2) is 0 Å². The molecular formula is C23H26N2O3S. The Morgan fingerprint density at radius 1 is 1.00 bits per heavy atom. The summed E-state index contributed by atoms with van der Waals surface area (Å²) in [6, 6.07) is 13.5. The molecule has 3 rings (SSSR count). The first-order valence-corrected chi connectivity index (χ1v) is 11.0. The summed E-state index contributed by atoms with van der Waals surface area (Å²) in [5, 5.41) is 2.88. The minimum absolute atomic E-state index is 0.0174. The lowest BCUT2D eigenvalue weighted by Gasteiger charge is -2.25. The van der Waals surface area contributed by atoms with E-state index in [0.29, 0.717) is 29.0 Å². The van der Waals surface area contributed by atoms with Crippen LogP contribution in [0.5, 0.6) is 0 Å². The average molecular weight is 411 g/mol. The van der Waals surface area contributed by atoms with Crippen LogP contribution in [0.4, 0.5) is 5.69 Å². The zero-order valence-corrected chi connectivity index (χ0v) is 18.0. The van der Waals surface area contributed by atoms with Gasteiger partial charge in [-0.1, -0.05) is 45.0 Å². The minimum atomic E-state index is -0.850. The highest BCUT2D eigenvalue weighted by Gasteiger charge is 2.42. The molecule has 29 heavy (non-hydrogen) atoms. The lowest BCUT2D eigenvalue weighted by Crippen LogP contribution is -2.47. The molecule has 1 atom stereocenters. The molecule has 6 heteroatoms. The second kappa shape index (κ2) is 8.41. The zero-order valence-electron chi connectivity index (χ0n) is 17.2. The van der Waals surface area contributed by atoms with Gasteiger partial charge < -0.3 is 5.32 Å². The number of thioether (sulfide) groups is 1. The molecule has 1 N–H and O–H groups in total. The van der Waals surface area contributed by atoms with Crippen molar-refractivity contribution in [3.8, 4) is 0 Å². The fourth-order valence-corrected chi connectivity index (χ4v) is 3.84. The first kappa shape index (κ1) is 21.1. The summed E-state index contributed by atoms with van der Waals surface area (Å²) in [5.41, 5.74) is 2.54. The Kier molecular flexibility index (Phi) is 6.13. The summed E-state index contributed by atoms with van der Waals surface area (Å²) in [6.45, 7) is 6.38. The van der Waals surface area contributed by atoms with E-state index in [2.05, 4.69) is 26.1 Å². The molecule has 2 aromatic rings. The number of hydrogen-bond acceptors (Lipinski definition) is 4.